The van der Waals surface area contributed by atoms with Crippen LogP contribution < -0.4 is 10.6 Å². The molecule has 228 valence electrons. The molecule has 0 saturated carbocycles. The number of carbonyl (C=O) groups is 1. The van der Waals surface area contributed by atoms with Gasteiger partial charge >= 0.3 is 0 Å². The number of hydrogen-bond donors (Lipinski definition) is 2. The molecule has 4 heterocycles. The summed E-state index contributed by atoms with van der Waals surface area (Å²) in [5, 5.41) is 6.03. The Hall–Kier alpha value is -2.44. The number of likely N-dealkylation sites (tertiary alicyclic amines) is 1. The van der Waals surface area contributed by atoms with Gasteiger partial charge in [-0.1, -0.05) is 17.4 Å². The quantitative estimate of drug-likeness (QED) is 0.166. The Kier molecular flexibility index (Phi) is 10.7. The molecule has 0 aliphatic carbocycles. The van der Waals surface area contributed by atoms with Crippen molar-refractivity contribution >= 4 is 57.2 Å². The second-order valence-electron chi connectivity index (χ2n) is 10.7. The number of piperidine rings is 1. The number of alkyl halides is 3. The summed E-state index contributed by atoms with van der Waals surface area (Å²) >= 11 is 1.42. The van der Waals surface area contributed by atoms with E-state index in [0.717, 1.165) is 36.3 Å². The fourth-order valence-corrected chi connectivity index (χ4v) is 6.72. The van der Waals surface area contributed by atoms with Crippen molar-refractivity contribution < 1.29 is 22.4 Å². The molecule has 42 heavy (non-hydrogen) atoms. The summed E-state index contributed by atoms with van der Waals surface area (Å²) in [6.07, 6.45) is 0.972. The maximum absolute atomic E-state index is 15.1. The molecule has 0 spiro atoms. The molecule has 1 amide bonds. The number of rotatable bonds is 8. The number of fused-ring (bicyclic) bond motifs is 3. The molecule has 2 unspecified atom stereocenters. The van der Waals surface area contributed by atoms with Gasteiger partial charge in [-0.3, -0.25) is 9.20 Å². The van der Waals surface area contributed by atoms with E-state index in [0.29, 0.717) is 46.7 Å². The summed E-state index contributed by atoms with van der Waals surface area (Å²) in [6.45, 7) is 3.16. The molecule has 2 aliphatic rings. The monoisotopic (exact) mass is 645 g/mol. The Morgan fingerprint density at radius 3 is 2.64 bits per heavy atom. The third kappa shape index (κ3) is 6.86. The van der Waals surface area contributed by atoms with Gasteiger partial charge in [0.05, 0.1) is 15.9 Å². The van der Waals surface area contributed by atoms with E-state index in [1.54, 1.807) is 24.4 Å². The molecule has 0 radical (unpaired) electrons. The van der Waals surface area contributed by atoms with Crippen LogP contribution in [0.4, 0.5) is 17.6 Å². The molecule has 0 bridgehead atoms. The van der Waals surface area contributed by atoms with Crippen molar-refractivity contribution in [2.24, 2.45) is 5.92 Å². The maximum atomic E-state index is 15.1. The van der Waals surface area contributed by atoms with Crippen LogP contribution in [-0.4, -0.2) is 65.5 Å². The van der Waals surface area contributed by atoms with Crippen LogP contribution in [0.1, 0.15) is 47.6 Å². The Morgan fingerprint density at radius 1 is 1.14 bits per heavy atom. The summed E-state index contributed by atoms with van der Waals surface area (Å²) in [5.41, 5.74) is 2.92. The van der Waals surface area contributed by atoms with E-state index < -0.39 is 24.3 Å². The summed E-state index contributed by atoms with van der Waals surface area (Å²) in [5.74, 6) is -1.31. The number of amides is 1. The lowest BCUT2D eigenvalue weighted by atomic mass is 9.98. The molecular weight excluding hydrogens is 613 g/mol. The maximum Gasteiger partial charge on any atom is 0.251 e. The number of nitrogens with zero attached hydrogens (tertiary/aromatic N) is 3. The summed E-state index contributed by atoms with van der Waals surface area (Å²) < 4.78 is 57.2. The topological polar surface area (TPSA) is 61.7 Å². The number of nitrogens with one attached hydrogen (secondary N) is 2. The molecule has 2 aliphatic heterocycles. The molecule has 2 fully saturated rings. The zero-order valence-corrected chi connectivity index (χ0v) is 25.2. The van der Waals surface area contributed by atoms with Crippen molar-refractivity contribution in [2.75, 3.05) is 32.7 Å². The van der Waals surface area contributed by atoms with Gasteiger partial charge in [0.2, 0.25) is 6.43 Å². The van der Waals surface area contributed by atoms with Crippen LogP contribution >= 0.6 is 36.2 Å². The molecule has 2 N–H and O–H groups in total. The van der Waals surface area contributed by atoms with Gasteiger partial charge in [0, 0.05) is 55.5 Å². The predicted octanol–water partition coefficient (Wildman–Crippen LogP) is 6.67. The van der Waals surface area contributed by atoms with Crippen molar-refractivity contribution in [1.82, 2.24) is 24.9 Å². The van der Waals surface area contributed by atoms with Gasteiger partial charge in [0.1, 0.15) is 12.0 Å². The number of imidazole rings is 1. The Bertz CT molecular complexity index is 1520. The van der Waals surface area contributed by atoms with Gasteiger partial charge in [0.25, 0.3) is 5.91 Å². The van der Waals surface area contributed by atoms with Crippen molar-refractivity contribution in [2.45, 2.75) is 44.3 Å². The second-order valence-corrected chi connectivity index (χ2v) is 11.7. The van der Waals surface area contributed by atoms with E-state index in [-0.39, 0.29) is 49.7 Å². The highest BCUT2D eigenvalue weighted by atomic mass is 35.5. The predicted molar refractivity (Wildman–Crippen MR) is 163 cm³/mol. The van der Waals surface area contributed by atoms with Crippen LogP contribution in [0.3, 0.4) is 0 Å². The minimum atomic E-state index is -2.39. The number of carbonyl (C=O) groups excluding carboxylic acids is 1. The van der Waals surface area contributed by atoms with Crippen molar-refractivity contribution in [3.05, 3.63) is 59.5 Å². The molecule has 6 rings (SSSR count). The normalized spacial score (nSPS) is 19.7. The molecule has 13 heteroatoms. The van der Waals surface area contributed by atoms with Crippen molar-refractivity contribution in [3.8, 4) is 11.3 Å². The third-order valence-electron chi connectivity index (χ3n) is 8.00. The highest BCUT2D eigenvalue weighted by molar-refractivity contribution is 7.23. The van der Waals surface area contributed by atoms with Crippen LogP contribution in [0.5, 0.6) is 0 Å². The third-order valence-corrected chi connectivity index (χ3v) is 9.02. The van der Waals surface area contributed by atoms with Gasteiger partial charge in [-0.05, 0) is 68.1 Å². The Balaban J connectivity index is 0.00000202. The van der Waals surface area contributed by atoms with Gasteiger partial charge in [-0.25, -0.2) is 22.5 Å². The highest BCUT2D eigenvalue weighted by Crippen LogP contribution is 2.34. The highest BCUT2D eigenvalue weighted by Gasteiger charge is 2.31. The minimum Gasteiger partial charge on any atom is -0.352 e. The van der Waals surface area contributed by atoms with Crippen LogP contribution in [0.15, 0.2) is 42.6 Å². The summed E-state index contributed by atoms with van der Waals surface area (Å²) in [4.78, 5) is 20.3. The SMILES string of the molecule is Cl.Cl.O=C(NCCCN1CCC(F)CC1)c1ccc2c(c1)sc1nc(-c3ccc(C4CC(C(F)F)CN4)cc3F)cn12. The fourth-order valence-electron chi connectivity index (χ4n) is 5.67. The van der Waals surface area contributed by atoms with E-state index in [9.17, 15) is 18.0 Å². The first-order chi connectivity index (χ1) is 19.4. The molecule has 6 nitrogen and oxygen atoms in total. The van der Waals surface area contributed by atoms with E-state index in [4.69, 9.17) is 0 Å². The Morgan fingerprint density at radius 2 is 1.93 bits per heavy atom. The zero-order valence-electron chi connectivity index (χ0n) is 22.7. The first-order valence-corrected chi connectivity index (χ1v) is 14.5. The van der Waals surface area contributed by atoms with E-state index >= 15 is 4.39 Å². The summed E-state index contributed by atoms with van der Waals surface area (Å²) in [6, 6.07) is 10.0. The first-order valence-electron chi connectivity index (χ1n) is 13.7. The molecule has 2 atom stereocenters. The first kappa shape index (κ1) is 32.5. The number of thiazole rings is 1. The standard InChI is InChI=1S/C29H31F4N5OS.2ClH/c30-20-6-10-37(11-7-20)9-1-8-34-28(39)18-3-5-25-26(14-18)40-29-36-24(16-38(25)29)21-4-2-17(12-22(21)31)23-13-19(15-35-23)27(32)33;;/h2-5,12,14,16,19-20,23,27,35H,1,6-11,13,15H2,(H,34,39);2*1H. The minimum absolute atomic E-state index is 0. The second kappa shape index (κ2) is 13.9. The lowest BCUT2D eigenvalue weighted by molar-refractivity contribution is 0.0858. The smallest absolute Gasteiger partial charge is 0.251 e. The Labute approximate surface area is 257 Å². The molecule has 4 aromatic rings. The summed E-state index contributed by atoms with van der Waals surface area (Å²) in [7, 11) is 0. The van der Waals surface area contributed by atoms with Crippen molar-refractivity contribution in [3.63, 3.8) is 0 Å². The molecule has 2 saturated heterocycles. The van der Waals surface area contributed by atoms with Gasteiger partial charge in [-0.2, -0.15) is 0 Å². The molecular formula is C29H33Cl2F4N5OS. The molecule has 2 aromatic heterocycles. The zero-order chi connectivity index (χ0) is 27.8. The van der Waals surface area contributed by atoms with Crippen molar-refractivity contribution in [1.29, 1.82) is 0 Å². The van der Waals surface area contributed by atoms with E-state index in [1.165, 1.54) is 17.4 Å². The number of hydrogen-bond acceptors (Lipinski definition) is 5. The average molecular weight is 647 g/mol. The van der Waals surface area contributed by atoms with Crippen LogP contribution in [-0.2, 0) is 0 Å². The molecule has 2 aromatic carbocycles. The largest absolute Gasteiger partial charge is 0.352 e. The number of halogens is 6. The lowest BCUT2D eigenvalue weighted by Crippen LogP contribution is -2.36. The van der Waals surface area contributed by atoms with E-state index in [1.807, 2.05) is 16.5 Å². The van der Waals surface area contributed by atoms with Crippen LogP contribution in [0, 0.1) is 11.7 Å². The fraction of sp³-hybridized carbons (Fsp3) is 0.448. The average Bonchev–Trinajstić information content (AvgIpc) is 3.67. The van der Waals surface area contributed by atoms with Gasteiger partial charge < -0.3 is 15.5 Å². The number of benzene rings is 2. The van der Waals surface area contributed by atoms with E-state index in [2.05, 4.69) is 20.5 Å². The van der Waals surface area contributed by atoms with Gasteiger partial charge in [-0.15, -0.1) is 24.8 Å². The lowest BCUT2D eigenvalue weighted by Gasteiger charge is -2.28. The van der Waals surface area contributed by atoms with Gasteiger partial charge in [0.15, 0.2) is 4.96 Å². The van der Waals surface area contributed by atoms with Crippen LogP contribution in [0.25, 0.3) is 26.4 Å². The number of aromatic nitrogens is 2. The van der Waals surface area contributed by atoms with Crippen LogP contribution in [0.2, 0.25) is 0 Å².